The van der Waals surface area contributed by atoms with E-state index < -0.39 is 0 Å². The maximum Gasteiger partial charge on any atom is 0.124 e. The van der Waals surface area contributed by atoms with E-state index in [1.54, 1.807) is 7.11 Å². The van der Waals surface area contributed by atoms with Crippen LogP contribution >= 0.6 is 0 Å². The maximum absolute atomic E-state index is 8.77. The molecule has 0 atom stereocenters. The lowest BCUT2D eigenvalue weighted by Gasteiger charge is -2.03. The molecule has 2 aromatic carbocycles. The van der Waals surface area contributed by atoms with E-state index in [1.807, 2.05) is 54.6 Å². The number of hydrogen-bond acceptors (Lipinski definition) is 4. The fourth-order valence-electron chi connectivity index (χ4n) is 1.66. The van der Waals surface area contributed by atoms with E-state index in [2.05, 4.69) is 0 Å². The summed E-state index contributed by atoms with van der Waals surface area (Å²) in [5.41, 5.74) is 1.96. The Morgan fingerprint density at radius 3 is 2.14 bits per heavy atom. The van der Waals surface area contributed by atoms with Crippen LogP contribution in [0.3, 0.4) is 0 Å². The third-order valence-electron chi connectivity index (χ3n) is 2.71. The van der Waals surface area contributed by atoms with Crippen molar-refractivity contribution < 1.29 is 19.7 Å². The number of aliphatic hydroxyl groups is 2. The van der Waals surface area contributed by atoms with Crippen LogP contribution in [0.25, 0.3) is 0 Å². The first kappa shape index (κ1) is 17.2. The highest BCUT2D eigenvalue weighted by atomic mass is 16.5. The zero-order chi connectivity index (χ0) is 15.3. The number of rotatable bonds is 6. The molecule has 0 aliphatic rings. The van der Waals surface area contributed by atoms with Gasteiger partial charge in [0.15, 0.2) is 0 Å². The minimum Gasteiger partial charge on any atom is -0.496 e. The summed E-state index contributed by atoms with van der Waals surface area (Å²) in [6.07, 6.45) is 0. The lowest BCUT2D eigenvalue weighted by atomic mass is 10.2. The van der Waals surface area contributed by atoms with Gasteiger partial charge in [0, 0.05) is 5.56 Å². The molecule has 0 radical (unpaired) electrons. The summed E-state index contributed by atoms with van der Waals surface area (Å²) in [6.45, 7) is 1.12. The van der Waals surface area contributed by atoms with Crippen molar-refractivity contribution >= 4 is 0 Å². The molecule has 4 nitrogen and oxygen atoms in total. The summed E-state index contributed by atoms with van der Waals surface area (Å²) in [7, 11) is 1.59. The summed E-state index contributed by atoms with van der Waals surface area (Å²) in [5.74, 6) is 0.741. The van der Waals surface area contributed by atoms with Gasteiger partial charge in [-0.3, -0.25) is 0 Å². The molecule has 21 heavy (non-hydrogen) atoms. The van der Waals surface area contributed by atoms with Crippen molar-refractivity contribution in [1.29, 1.82) is 0 Å². The molecular formula is C17H22O4. The van der Waals surface area contributed by atoms with Crippen molar-refractivity contribution in [2.75, 3.05) is 20.3 Å². The van der Waals surface area contributed by atoms with Crippen molar-refractivity contribution in [3.8, 4) is 5.75 Å². The summed E-state index contributed by atoms with van der Waals surface area (Å²) in [6, 6.07) is 17.3. The Bertz CT molecular complexity index is 462. The lowest BCUT2D eigenvalue weighted by molar-refractivity contribution is 0.0815. The molecule has 0 aliphatic heterocycles. The first-order chi connectivity index (χ1) is 10.3. The van der Waals surface area contributed by atoms with Crippen molar-refractivity contribution in [2.24, 2.45) is 0 Å². The Labute approximate surface area is 125 Å². The van der Waals surface area contributed by atoms with Crippen LogP contribution in [0.15, 0.2) is 54.6 Å². The molecule has 0 saturated heterocycles. The van der Waals surface area contributed by atoms with E-state index in [1.165, 1.54) is 0 Å². The zero-order valence-electron chi connectivity index (χ0n) is 12.2. The smallest absolute Gasteiger partial charge is 0.124 e. The van der Waals surface area contributed by atoms with E-state index >= 15 is 0 Å². The molecule has 0 unspecified atom stereocenters. The molecule has 0 amide bonds. The molecule has 0 aromatic heterocycles. The largest absolute Gasteiger partial charge is 0.496 e. The van der Waals surface area contributed by atoms with E-state index in [4.69, 9.17) is 19.7 Å². The first-order valence-corrected chi connectivity index (χ1v) is 6.77. The molecule has 2 aromatic rings. The minimum atomic E-state index is 0.0318. The van der Waals surface area contributed by atoms with Gasteiger partial charge in [-0.2, -0.15) is 0 Å². The molecule has 114 valence electrons. The molecule has 2 rings (SSSR count). The number of hydrogen-bond donors (Lipinski definition) is 2. The SMILES string of the molecule is COc1ccccc1CO.OCCOCc1ccccc1. The van der Waals surface area contributed by atoms with Gasteiger partial charge in [-0.15, -0.1) is 0 Å². The summed E-state index contributed by atoms with van der Waals surface area (Å²) < 4.78 is 10.1. The summed E-state index contributed by atoms with van der Waals surface area (Å²) >= 11 is 0. The van der Waals surface area contributed by atoms with Gasteiger partial charge in [0.05, 0.1) is 33.5 Å². The molecule has 4 heteroatoms. The fourth-order valence-corrected chi connectivity index (χ4v) is 1.66. The molecule has 0 aliphatic carbocycles. The van der Waals surface area contributed by atoms with Crippen LogP contribution in [-0.2, 0) is 18.0 Å². The third kappa shape index (κ3) is 6.90. The van der Waals surface area contributed by atoms with Crippen LogP contribution in [0.4, 0.5) is 0 Å². The Hall–Kier alpha value is -1.88. The van der Waals surface area contributed by atoms with Gasteiger partial charge in [-0.25, -0.2) is 0 Å². The second kappa shape index (κ2) is 10.9. The van der Waals surface area contributed by atoms with Crippen molar-refractivity contribution in [3.05, 3.63) is 65.7 Å². The number of benzene rings is 2. The van der Waals surface area contributed by atoms with Gasteiger partial charge < -0.3 is 19.7 Å². The van der Waals surface area contributed by atoms with Crippen LogP contribution in [-0.4, -0.2) is 30.5 Å². The fraction of sp³-hybridized carbons (Fsp3) is 0.294. The highest BCUT2D eigenvalue weighted by molar-refractivity contribution is 5.32. The highest BCUT2D eigenvalue weighted by Gasteiger charge is 1.96. The Morgan fingerprint density at radius 1 is 0.905 bits per heavy atom. The van der Waals surface area contributed by atoms with Crippen molar-refractivity contribution in [2.45, 2.75) is 13.2 Å². The quantitative estimate of drug-likeness (QED) is 0.802. The third-order valence-corrected chi connectivity index (χ3v) is 2.71. The van der Waals surface area contributed by atoms with Crippen LogP contribution in [0.1, 0.15) is 11.1 Å². The highest BCUT2D eigenvalue weighted by Crippen LogP contribution is 2.16. The van der Waals surface area contributed by atoms with Gasteiger partial charge in [0.2, 0.25) is 0 Å². The van der Waals surface area contributed by atoms with Crippen molar-refractivity contribution in [3.63, 3.8) is 0 Å². The van der Waals surface area contributed by atoms with E-state index in [0.29, 0.717) is 13.2 Å². The summed E-state index contributed by atoms with van der Waals surface area (Å²) in [5, 5.41) is 17.2. The van der Waals surface area contributed by atoms with Gasteiger partial charge in [0.1, 0.15) is 5.75 Å². The van der Waals surface area contributed by atoms with Gasteiger partial charge in [-0.05, 0) is 11.6 Å². The van der Waals surface area contributed by atoms with Crippen molar-refractivity contribution in [1.82, 2.24) is 0 Å². The van der Waals surface area contributed by atoms with Gasteiger partial charge >= 0.3 is 0 Å². The normalized spacial score (nSPS) is 9.67. The molecule has 0 fully saturated rings. The molecule has 0 bridgehead atoms. The lowest BCUT2D eigenvalue weighted by Crippen LogP contribution is -1.98. The van der Waals surface area contributed by atoms with Crippen LogP contribution in [0, 0.1) is 0 Å². The number of methoxy groups -OCH3 is 1. The molecular weight excluding hydrogens is 268 g/mol. The second-order valence-corrected chi connectivity index (χ2v) is 4.23. The van der Waals surface area contributed by atoms with E-state index in [0.717, 1.165) is 16.9 Å². The Kier molecular flexibility index (Phi) is 8.88. The second-order valence-electron chi connectivity index (χ2n) is 4.23. The van der Waals surface area contributed by atoms with Crippen LogP contribution in [0.2, 0.25) is 0 Å². The average Bonchev–Trinajstić information content (AvgIpc) is 2.56. The predicted molar refractivity (Wildman–Crippen MR) is 82.1 cm³/mol. The summed E-state index contributed by atoms with van der Waals surface area (Å²) in [4.78, 5) is 0. The predicted octanol–water partition coefficient (Wildman–Crippen LogP) is 2.38. The Balaban J connectivity index is 0.000000211. The number of para-hydroxylation sites is 1. The molecule has 0 saturated carbocycles. The maximum atomic E-state index is 8.77. The first-order valence-electron chi connectivity index (χ1n) is 6.77. The van der Waals surface area contributed by atoms with Gasteiger partial charge in [-0.1, -0.05) is 48.5 Å². The minimum absolute atomic E-state index is 0.0318. The van der Waals surface area contributed by atoms with Crippen LogP contribution < -0.4 is 4.74 Å². The standard InChI is InChI=1S/C9H12O2.C8H10O2/c10-6-7-11-8-9-4-2-1-3-5-9;1-10-8-5-3-2-4-7(8)6-9/h1-5,10H,6-8H2;2-5,9H,6H2,1H3. The topological polar surface area (TPSA) is 58.9 Å². The molecule has 0 spiro atoms. The van der Waals surface area contributed by atoms with E-state index in [-0.39, 0.29) is 13.2 Å². The monoisotopic (exact) mass is 290 g/mol. The Morgan fingerprint density at radius 2 is 1.57 bits per heavy atom. The molecule has 2 N–H and O–H groups in total. The zero-order valence-corrected chi connectivity index (χ0v) is 12.2. The number of ether oxygens (including phenoxy) is 2. The number of aliphatic hydroxyl groups excluding tert-OH is 2. The van der Waals surface area contributed by atoms with Crippen LogP contribution in [0.5, 0.6) is 5.75 Å². The van der Waals surface area contributed by atoms with E-state index in [9.17, 15) is 0 Å². The average molecular weight is 290 g/mol. The van der Waals surface area contributed by atoms with Gasteiger partial charge in [0.25, 0.3) is 0 Å². The molecule has 0 heterocycles.